The summed E-state index contributed by atoms with van der Waals surface area (Å²) in [6.45, 7) is 6.06. The molecule has 0 radical (unpaired) electrons. The lowest BCUT2D eigenvalue weighted by atomic mass is 10.1. The van der Waals surface area contributed by atoms with Gasteiger partial charge in [-0.25, -0.2) is 4.79 Å². The molecule has 0 saturated carbocycles. The van der Waals surface area contributed by atoms with Gasteiger partial charge in [-0.2, -0.15) is 5.26 Å². The van der Waals surface area contributed by atoms with E-state index in [1.807, 2.05) is 32.9 Å². The molecule has 0 bridgehead atoms. The Hall–Kier alpha value is -2.59. The number of carbonyl (C=O) groups is 2. The summed E-state index contributed by atoms with van der Waals surface area (Å²) in [4.78, 5) is 24.8. The van der Waals surface area contributed by atoms with Crippen molar-refractivity contribution in [2.45, 2.75) is 26.8 Å². The van der Waals surface area contributed by atoms with Crippen molar-refractivity contribution in [3.8, 4) is 6.07 Å². The lowest BCUT2D eigenvalue weighted by molar-refractivity contribution is -0.147. The minimum atomic E-state index is -0.813. The Morgan fingerprint density at radius 3 is 2.56 bits per heavy atom. The van der Waals surface area contributed by atoms with Gasteiger partial charge < -0.3 is 18.9 Å². The molecule has 0 spiro atoms. The number of nitrogens with zero attached hydrogens (tertiary/aromatic N) is 3. The minimum Gasteiger partial charge on any atom is -0.451 e. The van der Waals surface area contributed by atoms with Crippen LogP contribution in [0.4, 0.5) is 0 Å². The number of esters is 1. The van der Waals surface area contributed by atoms with Gasteiger partial charge in [-0.05, 0) is 38.5 Å². The second-order valence-corrected chi connectivity index (χ2v) is 6.03. The Bertz CT molecular complexity index is 711. The third-order valence-electron chi connectivity index (χ3n) is 3.84. The highest BCUT2D eigenvalue weighted by molar-refractivity contribution is 5.99. The second kappa shape index (κ2) is 9.04. The first-order chi connectivity index (χ1) is 11.7. The summed E-state index contributed by atoms with van der Waals surface area (Å²) in [6, 6.07) is 3.87. The van der Waals surface area contributed by atoms with Gasteiger partial charge in [-0.15, -0.1) is 0 Å². The monoisotopic (exact) mass is 347 g/mol. The van der Waals surface area contributed by atoms with Gasteiger partial charge in [0.2, 0.25) is 0 Å². The van der Waals surface area contributed by atoms with Crippen LogP contribution >= 0.6 is 0 Å². The lowest BCUT2D eigenvalue weighted by Gasteiger charge is -2.17. The summed E-state index contributed by atoms with van der Waals surface area (Å²) in [5.74, 6) is -1.16. The number of amides is 1. The molecule has 1 aromatic heterocycles. The predicted octanol–water partition coefficient (Wildman–Crippen LogP) is 1.85. The van der Waals surface area contributed by atoms with E-state index in [0.29, 0.717) is 6.61 Å². The highest BCUT2D eigenvalue weighted by Crippen LogP contribution is 2.23. The highest BCUT2D eigenvalue weighted by atomic mass is 16.5. The summed E-state index contributed by atoms with van der Waals surface area (Å²) >= 11 is 0. The molecule has 1 rings (SSSR count). The van der Waals surface area contributed by atoms with Crippen molar-refractivity contribution >= 4 is 18.0 Å². The third-order valence-corrected chi connectivity index (χ3v) is 3.84. The van der Waals surface area contributed by atoms with Gasteiger partial charge in [-0.1, -0.05) is 0 Å². The van der Waals surface area contributed by atoms with Gasteiger partial charge >= 0.3 is 5.97 Å². The molecule has 7 heteroatoms. The molecule has 136 valence electrons. The Morgan fingerprint density at radius 2 is 2.04 bits per heavy atom. The highest BCUT2D eigenvalue weighted by Gasteiger charge is 2.17. The molecule has 0 aliphatic heterocycles. The number of likely N-dealkylation sites (N-methyl/N-ethyl adjacent to an activating group) is 1. The lowest BCUT2D eigenvalue weighted by Crippen LogP contribution is -2.27. The molecule has 0 saturated heterocycles. The quantitative estimate of drug-likeness (QED) is 0.427. The number of ether oxygens (including phenoxy) is 2. The fourth-order valence-electron chi connectivity index (χ4n) is 2.57. The van der Waals surface area contributed by atoms with Crippen LogP contribution in [0.3, 0.4) is 0 Å². The van der Waals surface area contributed by atoms with Crippen molar-refractivity contribution in [2.75, 3.05) is 34.4 Å². The van der Waals surface area contributed by atoms with Crippen LogP contribution in [-0.4, -0.2) is 55.8 Å². The first-order valence-electron chi connectivity index (χ1n) is 7.89. The van der Waals surface area contributed by atoms with E-state index in [-0.39, 0.29) is 17.5 Å². The normalized spacial score (nSPS) is 12.4. The number of hydrogen-bond donors (Lipinski definition) is 0. The molecule has 0 aliphatic rings. The standard InChI is InChI=1S/C18H25N3O4/c1-12-7-15(14(3)21(12)13(2)10-24-6)8-16(9-19)18(23)25-11-17(22)20(4)5/h7-8,13H,10-11H2,1-6H3/b16-8+/t13-/m1/s1. The van der Waals surface area contributed by atoms with Gasteiger partial charge in [0.1, 0.15) is 11.6 Å². The molecule has 1 amide bonds. The Balaban J connectivity index is 3.03. The van der Waals surface area contributed by atoms with Crippen LogP contribution in [0.2, 0.25) is 0 Å². The van der Waals surface area contributed by atoms with Crippen LogP contribution < -0.4 is 0 Å². The number of rotatable bonds is 7. The average molecular weight is 347 g/mol. The van der Waals surface area contributed by atoms with Crippen LogP contribution in [0.1, 0.15) is 29.9 Å². The fraction of sp³-hybridized carbons (Fsp3) is 0.500. The van der Waals surface area contributed by atoms with Gasteiger partial charge in [0.05, 0.1) is 12.6 Å². The van der Waals surface area contributed by atoms with E-state index in [1.165, 1.54) is 11.0 Å². The van der Waals surface area contributed by atoms with Crippen LogP contribution in [-0.2, 0) is 19.1 Å². The van der Waals surface area contributed by atoms with Crippen LogP contribution in [0, 0.1) is 25.2 Å². The summed E-state index contributed by atoms with van der Waals surface area (Å²) in [5.41, 5.74) is 2.54. The molecular weight excluding hydrogens is 322 g/mol. The van der Waals surface area contributed by atoms with Crippen molar-refractivity contribution in [1.82, 2.24) is 9.47 Å². The number of hydrogen-bond acceptors (Lipinski definition) is 5. The maximum Gasteiger partial charge on any atom is 0.349 e. The predicted molar refractivity (Wildman–Crippen MR) is 93.7 cm³/mol. The maximum atomic E-state index is 12.0. The molecule has 0 unspecified atom stereocenters. The van der Waals surface area contributed by atoms with Gasteiger partial charge in [0.25, 0.3) is 5.91 Å². The molecule has 0 fully saturated rings. The number of aromatic nitrogens is 1. The number of nitriles is 1. The van der Waals surface area contributed by atoms with Crippen molar-refractivity contribution in [3.63, 3.8) is 0 Å². The summed E-state index contributed by atoms with van der Waals surface area (Å²) < 4.78 is 12.2. The average Bonchev–Trinajstić information content (AvgIpc) is 2.83. The summed E-state index contributed by atoms with van der Waals surface area (Å²) in [5, 5.41) is 9.25. The zero-order chi connectivity index (χ0) is 19.1. The Labute approximate surface area is 148 Å². The molecule has 1 aromatic rings. The molecule has 0 aromatic carbocycles. The zero-order valence-corrected chi connectivity index (χ0v) is 15.6. The van der Waals surface area contributed by atoms with Gasteiger partial charge in [0, 0.05) is 32.6 Å². The van der Waals surface area contributed by atoms with Gasteiger partial charge in [0.15, 0.2) is 6.61 Å². The molecule has 7 nitrogen and oxygen atoms in total. The number of methoxy groups -OCH3 is 1. The van der Waals surface area contributed by atoms with E-state index in [1.54, 1.807) is 21.2 Å². The molecule has 0 aliphatic carbocycles. The molecule has 1 atom stereocenters. The Morgan fingerprint density at radius 1 is 1.40 bits per heavy atom. The maximum absolute atomic E-state index is 12.0. The third kappa shape index (κ3) is 5.19. The van der Waals surface area contributed by atoms with E-state index in [9.17, 15) is 14.9 Å². The van der Waals surface area contributed by atoms with E-state index >= 15 is 0 Å². The van der Waals surface area contributed by atoms with E-state index in [2.05, 4.69) is 4.57 Å². The van der Waals surface area contributed by atoms with Gasteiger partial charge in [-0.3, -0.25) is 4.79 Å². The van der Waals surface area contributed by atoms with Crippen LogP contribution in [0.15, 0.2) is 11.6 Å². The molecular formula is C18H25N3O4. The minimum absolute atomic E-state index is 0.127. The van der Waals surface area contributed by atoms with Crippen molar-refractivity contribution in [2.24, 2.45) is 0 Å². The molecule has 1 heterocycles. The zero-order valence-electron chi connectivity index (χ0n) is 15.6. The topological polar surface area (TPSA) is 84.6 Å². The summed E-state index contributed by atoms with van der Waals surface area (Å²) in [7, 11) is 4.77. The second-order valence-electron chi connectivity index (χ2n) is 6.03. The van der Waals surface area contributed by atoms with Crippen molar-refractivity contribution in [1.29, 1.82) is 5.26 Å². The number of carbonyl (C=O) groups excluding carboxylic acids is 2. The van der Waals surface area contributed by atoms with E-state index < -0.39 is 12.6 Å². The van der Waals surface area contributed by atoms with Crippen LogP contribution in [0.5, 0.6) is 0 Å². The SMILES string of the molecule is COC[C@@H](C)n1c(C)cc(/C=C(\C#N)C(=O)OCC(=O)N(C)C)c1C. The smallest absolute Gasteiger partial charge is 0.349 e. The van der Waals surface area contributed by atoms with E-state index in [4.69, 9.17) is 9.47 Å². The summed E-state index contributed by atoms with van der Waals surface area (Å²) in [6.07, 6.45) is 1.49. The van der Waals surface area contributed by atoms with Crippen LogP contribution in [0.25, 0.3) is 6.08 Å². The van der Waals surface area contributed by atoms with E-state index in [0.717, 1.165) is 17.0 Å². The first kappa shape index (κ1) is 20.5. The number of aryl methyl sites for hydroxylation is 1. The van der Waals surface area contributed by atoms with Crippen molar-refractivity contribution in [3.05, 3.63) is 28.6 Å². The Kier molecular flexibility index (Phi) is 7.40. The van der Waals surface area contributed by atoms with Crippen molar-refractivity contribution < 1.29 is 19.1 Å². The fourth-order valence-corrected chi connectivity index (χ4v) is 2.57. The largest absolute Gasteiger partial charge is 0.451 e. The molecule has 25 heavy (non-hydrogen) atoms. The molecule has 0 N–H and O–H groups in total. The first-order valence-corrected chi connectivity index (χ1v) is 7.89.